The predicted octanol–water partition coefficient (Wildman–Crippen LogP) is 6.37. The summed E-state index contributed by atoms with van der Waals surface area (Å²) in [5.41, 5.74) is 0.604. The molecular weight excluding hydrogens is 346 g/mol. The summed E-state index contributed by atoms with van der Waals surface area (Å²) in [5, 5.41) is 0. The molecule has 2 fully saturated rings. The maximum atomic E-state index is 12.4. The van der Waals surface area contributed by atoms with Crippen LogP contribution in [0.1, 0.15) is 97.8 Å². The number of hydrogen-bond donors (Lipinski definition) is 0. The molecule has 0 aromatic heterocycles. The highest BCUT2D eigenvalue weighted by Crippen LogP contribution is 2.41. The second kappa shape index (κ2) is 12.7. The van der Waals surface area contributed by atoms with Crippen LogP contribution in [0.3, 0.4) is 0 Å². The maximum absolute atomic E-state index is 12.4. The molecule has 0 bridgehead atoms. The highest BCUT2D eigenvalue weighted by atomic mass is 16.5. The number of carbonyl (C=O) groups is 1. The van der Waals surface area contributed by atoms with Crippen molar-refractivity contribution in [2.24, 2.45) is 17.8 Å². The van der Waals surface area contributed by atoms with Crippen molar-refractivity contribution >= 4 is 5.97 Å². The molecule has 2 aliphatic carbocycles. The molecule has 2 aliphatic rings. The summed E-state index contributed by atoms with van der Waals surface area (Å²) in [6.45, 7) is 13.0. The normalized spacial score (nSPS) is 28.3. The Morgan fingerprint density at radius 3 is 2.00 bits per heavy atom. The lowest BCUT2D eigenvalue weighted by molar-refractivity contribution is -0.146. The maximum Gasteiger partial charge on any atom is 0.334 e. The summed E-state index contributed by atoms with van der Waals surface area (Å²) < 4.78 is 5.79. The average Bonchev–Trinajstić information content (AvgIpc) is 2.73. The number of ether oxygens (including phenoxy) is 1. The van der Waals surface area contributed by atoms with Crippen LogP contribution < -0.4 is 0 Å². The molecule has 0 radical (unpaired) electrons. The molecule has 0 aromatic rings. The highest BCUT2D eigenvalue weighted by Gasteiger charge is 2.32. The number of likely N-dealkylation sites (N-methyl/N-ethyl adjacent to an activating group) is 1. The third-order valence-corrected chi connectivity index (χ3v) is 7.36. The van der Waals surface area contributed by atoms with Crippen molar-refractivity contribution < 1.29 is 9.53 Å². The average molecular weight is 392 g/mol. The summed E-state index contributed by atoms with van der Waals surface area (Å²) in [4.78, 5) is 14.6. The van der Waals surface area contributed by atoms with Crippen molar-refractivity contribution in [1.82, 2.24) is 4.90 Å². The van der Waals surface area contributed by atoms with Crippen LogP contribution in [0.25, 0.3) is 0 Å². The fourth-order valence-corrected chi connectivity index (χ4v) is 5.33. The minimum atomic E-state index is -0.178. The van der Waals surface area contributed by atoms with Crippen molar-refractivity contribution in [3.63, 3.8) is 0 Å². The number of rotatable bonds is 11. The Morgan fingerprint density at radius 1 is 0.893 bits per heavy atom. The quantitative estimate of drug-likeness (QED) is 0.233. The number of unbranched alkanes of at least 4 members (excludes halogenated alkanes) is 2. The van der Waals surface area contributed by atoms with Crippen LogP contribution in [0, 0.1) is 17.8 Å². The summed E-state index contributed by atoms with van der Waals surface area (Å²) in [6.07, 6.45) is 16.1. The van der Waals surface area contributed by atoms with Gasteiger partial charge in [0.2, 0.25) is 0 Å². The van der Waals surface area contributed by atoms with Crippen molar-refractivity contribution in [3.8, 4) is 0 Å². The van der Waals surface area contributed by atoms with Gasteiger partial charge in [0.1, 0.15) is 6.10 Å². The van der Waals surface area contributed by atoms with E-state index in [9.17, 15) is 4.79 Å². The largest absolute Gasteiger partial charge is 0.459 e. The molecule has 0 N–H and O–H groups in total. The van der Waals surface area contributed by atoms with Gasteiger partial charge < -0.3 is 4.74 Å². The molecule has 0 atom stereocenters. The van der Waals surface area contributed by atoms with Crippen LogP contribution in [0.15, 0.2) is 12.2 Å². The van der Waals surface area contributed by atoms with Gasteiger partial charge in [0.25, 0.3) is 0 Å². The molecule has 0 unspecified atom stereocenters. The first-order chi connectivity index (χ1) is 13.6. The smallest absolute Gasteiger partial charge is 0.334 e. The number of hydrogen-bond acceptors (Lipinski definition) is 3. The van der Waals surface area contributed by atoms with Crippen molar-refractivity contribution in [2.45, 2.75) is 104 Å². The van der Waals surface area contributed by atoms with Crippen molar-refractivity contribution in [2.75, 3.05) is 19.6 Å². The molecule has 28 heavy (non-hydrogen) atoms. The first-order valence-electron chi connectivity index (χ1n) is 12.2. The fraction of sp³-hybridized carbons (Fsp3) is 0.880. The lowest BCUT2D eigenvalue weighted by Gasteiger charge is -2.37. The third-order valence-electron chi connectivity index (χ3n) is 7.36. The number of carbonyl (C=O) groups excluding carboxylic acids is 1. The van der Waals surface area contributed by atoms with Gasteiger partial charge in [0.05, 0.1) is 0 Å². The third kappa shape index (κ3) is 7.54. The second-order valence-electron chi connectivity index (χ2n) is 9.28. The van der Waals surface area contributed by atoms with E-state index in [1.54, 1.807) is 0 Å². The molecule has 3 nitrogen and oxygen atoms in total. The Labute approximate surface area is 174 Å². The van der Waals surface area contributed by atoms with Gasteiger partial charge in [-0.15, -0.1) is 0 Å². The molecule has 0 aromatic carbocycles. The SMILES string of the molecule is C=C(CN(CC)CC)C(=O)OC1CCC(C2CCC(CCCCC)CC2)CC1. The van der Waals surface area contributed by atoms with Crippen LogP contribution in [0.2, 0.25) is 0 Å². The molecule has 0 saturated heterocycles. The van der Waals surface area contributed by atoms with Crippen LogP contribution in [-0.2, 0) is 9.53 Å². The monoisotopic (exact) mass is 391 g/mol. The summed E-state index contributed by atoms with van der Waals surface area (Å²) in [5.74, 6) is 2.61. The molecule has 2 rings (SSSR count). The topological polar surface area (TPSA) is 29.5 Å². The van der Waals surface area contributed by atoms with E-state index in [0.717, 1.165) is 43.7 Å². The zero-order valence-corrected chi connectivity index (χ0v) is 18.9. The van der Waals surface area contributed by atoms with E-state index in [1.807, 2.05) is 0 Å². The standard InChI is InChI=1S/C25H45NO2/c1-5-8-9-10-21-11-13-22(14-12-21)23-15-17-24(18-16-23)28-25(27)20(4)19-26(6-2)7-3/h21-24H,4-19H2,1-3H3. The fourth-order valence-electron chi connectivity index (χ4n) is 5.33. The number of esters is 1. The number of nitrogens with zero attached hydrogens (tertiary/aromatic N) is 1. The molecule has 2 saturated carbocycles. The molecule has 0 amide bonds. The van der Waals surface area contributed by atoms with Crippen molar-refractivity contribution in [1.29, 1.82) is 0 Å². The zero-order valence-electron chi connectivity index (χ0n) is 18.9. The molecular formula is C25H45NO2. The zero-order chi connectivity index (χ0) is 20.4. The van der Waals surface area contributed by atoms with Gasteiger partial charge in [0.15, 0.2) is 0 Å². The van der Waals surface area contributed by atoms with Gasteiger partial charge in [-0.3, -0.25) is 4.90 Å². The van der Waals surface area contributed by atoms with Gasteiger partial charge in [-0.05, 0) is 69.4 Å². The van der Waals surface area contributed by atoms with E-state index in [2.05, 4.69) is 32.3 Å². The summed E-state index contributed by atoms with van der Waals surface area (Å²) in [6, 6.07) is 0. The van der Waals surface area contributed by atoms with E-state index in [0.29, 0.717) is 12.1 Å². The van der Waals surface area contributed by atoms with E-state index in [1.165, 1.54) is 64.2 Å². The van der Waals surface area contributed by atoms with E-state index in [-0.39, 0.29) is 12.1 Å². The Bertz CT molecular complexity index is 455. The highest BCUT2D eigenvalue weighted by molar-refractivity contribution is 5.88. The van der Waals surface area contributed by atoms with Crippen LogP contribution in [-0.4, -0.2) is 36.6 Å². The van der Waals surface area contributed by atoms with E-state index in [4.69, 9.17) is 4.74 Å². The molecule has 162 valence electrons. The Morgan fingerprint density at radius 2 is 1.46 bits per heavy atom. The lowest BCUT2D eigenvalue weighted by atomic mass is 9.70. The van der Waals surface area contributed by atoms with Gasteiger partial charge in [-0.1, -0.05) is 65.9 Å². The Balaban J connectivity index is 1.65. The minimum Gasteiger partial charge on any atom is -0.459 e. The van der Waals surface area contributed by atoms with Gasteiger partial charge in [0, 0.05) is 12.1 Å². The summed E-state index contributed by atoms with van der Waals surface area (Å²) in [7, 11) is 0. The molecule has 0 heterocycles. The first kappa shape index (κ1) is 23.4. The lowest BCUT2D eigenvalue weighted by Crippen LogP contribution is -2.32. The minimum absolute atomic E-state index is 0.114. The summed E-state index contributed by atoms with van der Waals surface area (Å²) >= 11 is 0. The molecule has 0 spiro atoms. The molecule has 0 aliphatic heterocycles. The van der Waals surface area contributed by atoms with Crippen LogP contribution >= 0.6 is 0 Å². The van der Waals surface area contributed by atoms with Crippen LogP contribution in [0.5, 0.6) is 0 Å². The van der Waals surface area contributed by atoms with Gasteiger partial charge in [-0.2, -0.15) is 0 Å². The van der Waals surface area contributed by atoms with Gasteiger partial charge in [-0.25, -0.2) is 4.79 Å². The van der Waals surface area contributed by atoms with Gasteiger partial charge >= 0.3 is 5.97 Å². The Kier molecular flexibility index (Phi) is 10.6. The van der Waals surface area contributed by atoms with E-state index >= 15 is 0 Å². The van der Waals surface area contributed by atoms with Crippen molar-refractivity contribution in [3.05, 3.63) is 12.2 Å². The first-order valence-corrected chi connectivity index (χ1v) is 12.2. The van der Waals surface area contributed by atoms with E-state index < -0.39 is 0 Å². The Hall–Kier alpha value is -0.830. The van der Waals surface area contributed by atoms with Crippen LogP contribution in [0.4, 0.5) is 0 Å². The predicted molar refractivity (Wildman–Crippen MR) is 118 cm³/mol. The second-order valence-corrected chi connectivity index (χ2v) is 9.28. The molecule has 3 heteroatoms.